The zero-order valence-corrected chi connectivity index (χ0v) is 16.0. The highest BCUT2D eigenvalue weighted by molar-refractivity contribution is 5.78. The van der Waals surface area contributed by atoms with Gasteiger partial charge < -0.3 is 13.8 Å². The minimum Gasteiger partial charge on any atom is -0.468 e. The Kier molecular flexibility index (Phi) is 5.53. The van der Waals surface area contributed by atoms with E-state index in [0.29, 0.717) is 18.3 Å². The third kappa shape index (κ3) is 4.31. The Balaban J connectivity index is 1.35. The third-order valence-electron chi connectivity index (χ3n) is 5.06. The summed E-state index contributed by atoms with van der Waals surface area (Å²) >= 11 is 0. The molecule has 3 heterocycles. The molecule has 146 valence electrons. The van der Waals surface area contributed by atoms with Gasteiger partial charge in [-0.3, -0.25) is 9.69 Å². The first-order valence-electron chi connectivity index (χ1n) is 9.57. The molecule has 1 amide bonds. The van der Waals surface area contributed by atoms with E-state index in [9.17, 15) is 4.79 Å². The van der Waals surface area contributed by atoms with Crippen molar-refractivity contribution in [1.82, 2.24) is 19.9 Å². The van der Waals surface area contributed by atoms with Crippen LogP contribution in [-0.2, 0) is 17.9 Å². The van der Waals surface area contributed by atoms with Crippen LogP contribution in [0.15, 0.2) is 57.7 Å². The Labute approximate surface area is 163 Å². The molecule has 4 rings (SSSR count). The van der Waals surface area contributed by atoms with Crippen molar-refractivity contribution in [1.29, 1.82) is 0 Å². The van der Waals surface area contributed by atoms with E-state index in [1.165, 1.54) is 0 Å². The number of likely N-dealkylation sites (tertiary alicyclic amines) is 1. The lowest BCUT2D eigenvalue weighted by molar-refractivity contribution is -0.137. The second-order valence-electron chi connectivity index (χ2n) is 7.23. The smallest absolute Gasteiger partial charge is 0.246 e. The topological polar surface area (TPSA) is 75.6 Å². The first kappa shape index (κ1) is 18.4. The van der Waals surface area contributed by atoms with Crippen molar-refractivity contribution in [2.45, 2.75) is 25.9 Å². The van der Waals surface area contributed by atoms with Crippen molar-refractivity contribution < 1.29 is 13.7 Å². The highest BCUT2D eigenvalue weighted by Gasteiger charge is 2.29. The van der Waals surface area contributed by atoms with E-state index in [0.717, 1.165) is 43.8 Å². The van der Waals surface area contributed by atoms with Crippen LogP contribution in [0.25, 0.3) is 11.4 Å². The highest BCUT2D eigenvalue weighted by atomic mass is 16.5. The van der Waals surface area contributed by atoms with Gasteiger partial charge in [0.15, 0.2) is 0 Å². The van der Waals surface area contributed by atoms with Gasteiger partial charge in [-0.15, -0.1) is 0 Å². The van der Waals surface area contributed by atoms with E-state index in [2.05, 4.69) is 15.0 Å². The summed E-state index contributed by atoms with van der Waals surface area (Å²) in [4.78, 5) is 21.3. The van der Waals surface area contributed by atoms with Crippen LogP contribution in [0, 0.1) is 5.92 Å². The molecule has 0 bridgehead atoms. The van der Waals surface area contributed by atoms with Crippen molar-refractivity contribution in [3.8, 4) is 11.4 Å². The average Bonchev–Trinajstić information content (AvgIpc) is 3.40. The number of rotatable bonds is 6. The lowest BCUT2D eigenvalue weighted by atomic mass is 9.96. The molecule has 0 spiro atoms. The minimum absolute atomic E-state index is 0.0229. The van der Waals surface area contributed by atoms with Gasteiger partial charge in [-0.1, -0.05) is 35.5 Å². The van der Waals surface area contributed by atoms with E-state index in [1.54, 1.807) is 18.2 Å². The molecule has 1 unspecified atom stereocenters. The molecule has 1 aliphatic heterocycles. The van der Waals surface area contributed by atoms with Crippen LogP contribution in [0.4, 0.5) is 0 Å². The molecule has 0 radical (unpaired) electrons. The molecule has 1 fully saturated rings. The number of hydrogen-bond donors (Lipinski definition) is 0. The number of carbonyl (C=O) groups is 1. The fraction of sp³-hybridized carbons (Fsp3) is 0.381. The second-order valence-corrected chi connectivity index (χ2v) is 7.23. The molecule has 1 atom stereocenters. The van der Waals surface area contributed by atoms with Crippen LogP contribution in [0.2, 0.25) is 0 Å². The van der Waals surface area contributed by atoms with Gasteiger partial charge in [0.05, 0.1) is 25.3 Å². The number of furan rings is 1. The molecule has 7 heteroatoms. The summed E-state index contributed by atoms with van der Waals surface area (Å²) in [6, 6.07) is 13.5. The number of aromatic nitrogens is 2. The van der Waals surface area contributed by atoms with Gasteiger partial charge in [-0.05, 0) is 31.5 Å². The van der Waals surface area contributed by atoms with Gasteiger partial charge in [-0.2, -0.15) is 4.98 Å². The molecule has 1 aliphatic rings. The molecule has 0 saturated carbocycles. The Bertz CT molecular complexity index is 892. The molecule has 7 nitrogen and oxygen atoms in total. The summed E-state index contributed by atoms with van der Waals surface area (Å²) in [5.74, 6) is 2.01. The van der Waals surface area contributed by atoms with Gasteiger partial charge >= 0.3 is 0 Å². The van der Waals surface area contributed by atoms with E-state index in [4.69, 9.17) is 8.94 Å². The van der Waals surface area contributed by atoms with Crippen LogP contribution < -0.4 is 0 Å². The lowest BCUT2D eigenvalue weighted by Gasteiger charge is -2.33. The Morgan fingerprint density at radius 2 is 2.11 bits per heavy atom. The van der Waals surface area contributed by atoms with Gasteiger partial charge in [0.2, 0.25) is 17.6 Å². The van der Waals surface area contributed by atoms with E-state index >= 15 is 0 Å². The largest absolute Gasteiger partial charge is 0.468 e. The van der Waals surface area contributed by atoms with E-state index in [1.807, 2.05) is 42.5 Å². The summed E-state index contributed by atoms with van der Waals surface area (Å²) in [5.41, 5.74) is 0.896. The van der Waals surface area contributed by atoms with Gasteiger partial charge in [0.1, 0.15) is 5.76 Å². The molecular formula is C21H24N4O3. The van der Waals surface area contributed by atoms with Crippen LogP contribution >= 0.6 is 0 Å². The summed E-state index contributed by atoms with van der Waals surface area (Å²) in [5, 5.41) is 4.02. The summed E-state index contributed by atoms with van der Waals surface area (Å²) < 4.78 is 10.8. The summed E-state index contributed by atoms with van der Waals surface area (Å²) in [7, 11) is 1.79. The predicted octanol–water partition coefficient (Wildman–Crippen LogP) is 3.20. The monoisotopic (exact) mass is 380 g/mol. The number of benzene rings is 1. The van der Waals surface area contributed by atoms with Gasteiger partial charge in [0.25, 0.3) is 0 Å². The van der Waals surface area contributed by atoms with Crippen LogP contribution in [0.3, 0.4) is 0 Å². The van der Waals surface area contributed by atoms with E-state index < -0.39 is 0 Å². The van der Waals surface area contributed by atoms with Gasteiger partial charge in [-0.25, -0.2) is 0 Å². The van der Waals surface area contributed by atoms with Crippen molar-refractivity contribution in [3.05, 3.63) is 60.4 Å². The third-order valence-corrected chi connectivity index (χ3v) is 5.06. The number of nitrogens with zero attached hydrogens (tertiary/aromatic N) is 4. The maximum absolute atomic E-state index is 12.9. The maximum atomic E-state index is 12.9. The maximum Gasteiger partial charge on any atom is 0.246 e. The average molecular weight is 380 g/mol. The molecule has 1 aromatic carbocycles. The fourth-order valence-corrected chi connectivity index (χ4v) is 3.64. The van der Waals surface area contributed by atoms with Crippen molar-refractivity contribution in [3.63, 3.8) is 0 Å². The van der Waals surface area contributed by atoms with Crippen molar-refractivity contribution in [2.75, 3.05) is 20.1 Å². The second kappa shape index (κ2) is 8.39. The van der Waals surface area contributed by atoms with Crippen molar-refractivity contribution >= 4 is 5.91 Å². The summed E-state index contributed by atoms with van der Waals surface area (Å²) in [6.45, 7) is 2.78. The van der Waals surface area contributed by atoms with Crippen molar-refractivity contribution in [2.24, 2.45) is 5.92 Å². The first-order chi connectivity index (χ1) is 13.7. The van der Waals surface area contributed by atoms with Crippen LogP contribution in [-0.4, -0.2) is 46.0 Å². The number of piperidine rings is 1. The zero-order valence-electron chi connectivity index (χ0n) is 16.0. The number of amides is 1. The first-order valence-corrected chi connectivity index (χ1v) is 9.57. The van der Waals surface area contributed by atoms with Crippen LogP contribution in [0.1, 0.15) is 24.5 Å². The Morgan fingerprint density at radius 1 is 1.25 bits per heavy atom. The number of carbonyl (C=O) groups excluding carboxylic acids is 1. The molecular weight excluding hydrogens is 356 g/mol. The molecule has 0 N–H and O–H groups in total. The summed E-state index contributed by atoms with van der Waals surface area (Å²) in [6.07, 6.45) is 3.59. The molecule has 3 aromatic rings. The molecule has 2 aromatic heterocycles. The Morgan fingerprint density at radius 3 is 2.89 bits per heavy atom. The molecule has 28 heavy (non-hydrogen) atoms. The normalized spacial score (nSPS) is 17.5. The fourth-order valence-electron chi connectivity index (χ4n) is 3.64. The Hall–Kier alpha value is -2.93. The SMILES string of the molecule is CN(Cc1nc(-c2ccccc2)no1)C(=O)C1CCCN(Cc2ccco2)C1. The van der Waals surface area contributed by atoms with Crippen LogP contribution in [0.5, 0.6) is 0 Å². The standard InChI is InChI=1S/C21H24N4O3/c1-24(15-19-22-20(23-28-19)16-7-3-2-4-8-16)21(26)17-9-5-11-25(13-17)14-18-10-6-12-27-18/h2-4,6-8,10,12,17H,5,9,11,13-15H2,1H3. The quantitative estimate of drug-likeness (QED) is 0.654. The lowest BCUT2D eigenvalue weighted by Crippen LogP contribution is -2.43. The zero-order chi connectivity index (χ0) is 19.3. The van der Waals surface area contributed by atoms with E-state index in [-0.39, 0.29) is 11.8 Å². The van der Waals surface area contributed by atoms with Gasteiger partial charge in [0, 0.05) is 19.2 Å². The molecule has 0 aliphatic carbocycles. The molecule has 1 saturated heterocycles. The number of hydrogen-bond acceptors (Lipinski definition) is 6. The minimum atomic E-state index is -0.0229. The predicted molar refractivity (Wildman–Crippen MR) is 103 cm³/mol. The highest BCUT2D eigenvalue weighted by Crippen LogP contribution is 2.21.